The summed E-state index contributed by atoms with van der Waals surface area (Å²) in [7, 11) is 0. The summed E-state index contributed by atoms with van der Waals surface area (Å²) in [5.74, 6) is 0.909. The molecule has 3 atom stereocenters. The zero-order valence-corrected chi connectivity index (χ0v) is 16.0. The van der Waals surface area contributed by atoms with Crippen LogP contribution in [-0.2, 0) is 4.74 Å². The van der Waals surface area contributed by atoms with Crippen molar-refractivity contribution in [2.24, 2.45) is 5.92 Å². The number of ether oxygens (including phenoxy) is 2. The topological polar surface area (TPSA) is 77.4 Å². The Morgan fingerprint density at radius 3 is 2.96 bits per heavy atom. The van der Waals surface area contributed by atoms with Crippen LogP contribution in [-0.4, -0.2) is 57.7 Å². The number of halogens is 1. The second-order valence-corrected chi connectivity index (χ2v) is 7.52. The van der Waals surface area contributed by atoms with Gasteiger partial charge in [0, 0.05) is 42.5 Å². The van der Waals surface area contributed by atoms with Crippen molar-refractivity contribution in [1.82, 2.24) is 19.9 Å². The van der Waals surface area contributed by atoms with E-state index in [1.165, 1.54) is 6.33 Å². The number of carbonyl (C=O) groups excluding carboxylic acids is 1. The molecule has 2 aromatic rings. The maximum absolute atomic E-state index is 12.8. The van der Waals surface area contributed by atoms with Gasteiger partial charge in [-0.2, -0.15) is 0 Å². The molecule has 4 heterocycles. The summed E-state index contributed by atoms with van der Waals surface area (Å²) in [5, 5.41) is 0.543. The molecule has 0 saturated carbocycles. The van der Waals surface area contributed by atoms with Crippen LogP contribution in [0.3, 0.4) is 0 Å². The van der Waals surface area contributed by atoms with Gasteiger partial charge in [-0.25, -0.2) is 9.97 Å². The van der Waals surface area contributed by atoms with Crippen LogP contribution in [0.25, 0.3) is 0 Å². The Labute approximate surface area is 162 Å². The van der Waals surface area contributed by atoms with Crippen LogP contribution in [0.4, 0.5) is 0 Å². The first-order valence-corrected chi connectivity index (χ1v) is 9.35. The van der Waals surface area contributed by atoms with Crippen LogP contribution in [0, 0.1) is 19.8 Å². The van der Waals surface area contributed by atoms with Gasteiger partial charge >= 0.3 is 0 Å². The van der Waals surface area contributed by atoms with E-state index in [1.807, 2.05) is 18.7 Å². The molecule has 0 spiro atoms. The molecule has 1 amide bonds. The third kappa shape index (κ3) is 3.75. The number of hydrogen-bond acceptors (Lipinski definition) is 6. The van der Waals surface area contributed by atoms with Gasteiger partial charge in [0.15, 0.2) is 0 Å². The molecular weight excluding hydrogens is 368 g/mol. The summed E-state index contributed by atoms with van der Waals surface area (Å²) in [6, 6.07) is 1.73. The largest absolute Gasteiger partial charge is 0.489 e. The first-order chi connectivity index (χ1) is 13.0. The lowest BCUT2D eigenvalue weighted by molar-refractivity contribution is 0.0130. The second-order valence-electron chi connectivity index (χ2n) is 7.09. The fourth-order valence-electron chi connectivity index (χ4n) is 3.70. The standard InChI is InChI=1S/C19H21ClN4O3/c1-11-12(2)22-10-23-18(11)19(25)24-7-13-3-16(27-17(13)8-24)9-26-15-4-14(20)5-21-6-15/h4-6,10,13,16-17H,3,7-9H2,1-2H3/t13-,16-,17+/m0/s1. The molecule has 8 heteroatoms. The number of hydrogen-bond donors (Lipinski definition) is 0. The van der Waals surface area contributed by atoms with E-state index in [2.05, 4.69) is 15.0 Å². The fraction of sp³-hybridized carbons (Fsp3) is 0.474. The molecule has 2 aliphatic rings. The highest BCUT2D eigenvalue weighted by atomic mass is 35.5. The third-order valence-corrected chi connectivity index (χ3v) is 5.46. The van der Waals surface area contributed by atoms with Crippen molar-refractivity contribution in [2.75, 3.05) is 19.7 Å². The van der Waals surface area contributed by atoms with Gasteiger partial charge in [0.2, 0.25) is 0 Å². The molecule has 4 rings (SSSR count). The summed E-state index contributed by atoms with van der Waals surface area (Å²) < 4.78 is 11.8. The summed E-state index contributed by atoms with van der Waals surface area (Å²) in [6.07, 6.45) is 5.57. The molecule has 142 valence electrons. The highest BCUT2D eigenvalue weighted by Crippen LogP contribution is 2.34. The van der Waals surface area contributed by atoms with Gasteiger partial charge in [-0.15, -0.1) is 0 Å². The average molecular weight is 389 g/mol. The van der Waals surface area contributed by atoms with Crippen LogP contribution < -0.4 is 4.74 Å². The van der Waals surface area contributed by atoms with E-state index in [4.69, 9.17) is 21.1 Å². The summed E-state index contributed by atoms with van der Waals surface area (Å²) >= 11 is 5.91. The summed E-state index contributed by atoms with van der Waals surface area (Å²) in [5.41, 5.74) is 2.15. The van der Waals surface area contributed by atoms with E-state index >= 15 is 0 Å². The number of aryl methyl sites for hydroxylation is 1. The molecule has 0 radical (unpaired) electrons. The number of fused-ring (bicyclic) bond motifs is 1. The quantitative estimate of drug-likeness (QED) is 0.800. The van der Waals surface area contributed by atoms with Crippen LogP contribution in [0.2, 0.25) is 5.02 Å². The van der Waals surface area contributed by atoms with E-state index < -0.39 is 0 Å². The number of carbonyl (C=O) groups is 1. The van der Waals surface area contributed by atoms with Crippen molar-refractivity contribution >= 4 is 17.5 Å². The highest BCUT2D eigenvalue weighted by Gasteiger charge is 2.44. The lowest BCUT2D eigenvalue weighted by atomic mass is 10.0. The molecule has 0 N–H and O–H groups in total. The molecule has 27 heavy (non-hydrogen) atoms. The molecule has 2 fully saturated rings. The van der Waals surface area contributed by atoms with Crippen LogP contribution in [0.15, 0.2) is 24.8 Å². The maximum Gasteiger partial charge on any atom is 0.272 e. The normalized spacial score (nSPS) is 24.1. The SMILES string of the molecule is Cc1ncnc(C(=O)N2C[C@@H]3C[C@@H](COc4cncc(Cl)c4)O[C@@H]3C2)c1C. The Kier molecular flexibility index (Phi) is 4.97. The summed E-state index contributed by atoms with van der Waals surface area (Å²) in [6.45, 7) is 5.49. The first-order valence-electron chi connectivity index (χ1n) is 8.97. The van der Waals surface area contributed by atoms with E-state index in [0.29, 0.717) is 42.1 Å². The Hall–Kier alpha value is -2.25. The van der Waals surface area contributed by atoms with Gasteiger partial charge in [0.05, 0.1) is 23.4 Å². The number of amides is 1. The van der Waals surface area contributed by atoms with Gasteiger partial charge in [0.25, 0.3) is 5.91 Å². The van der Waals surface area contributed by atoms with Gasteiger partial charge in [-0.1, -0.05) is 11.6 Å². The maximum atomic E-state index is 12.8. The zero-order valence-electron chi connectivity index (χ0n) is 15.3. The van der Waals surface area contributed by atoms with Crippen molar-refractivity contribution in [1.29, 1.82) is 0 Å². The number of rotatable bonds is 4. The second kappa shape index (κ2) is 7.40. The molecule has 0 aromatic carbocycles. The van der Waals surface area contributed by atoms with Crippen molar-refractivity contribution in [3.05, 3.63) is 46.8 Å². The van der Waals surface area contributed by atoms with Gasteiger partial charge in [0.1, 0.15) is 24.4 Å². The van der Waals surface area contributed by atoms with Gasteiger partial charge < -0.3 is 14.4 Å². The minimum Gasteiger partial charge on any atom is -0.489 e. The summed E-state index contributed by atoms with van der Waals surface area (Å²) in [4.78, 5) is 27.0. The third-order valence-electron chi connectivity index (χ3n) is 5.26. The molecule has 2 aromatic heterocycles. The predicted molar refractivity (Wildman–Crippen MR) is 98.9 cm³/mol. The Bertz CT molecular complexity index is 849. The zero-order chi connectivity index (χ0) is 19.0. The van der Waals surface area contributed by atoms with E-state index in [0.717, 1.165) is 17.7 Å². The Morgan fingerprint density at radius 1 is 1.33 bits per heavy atom. The monoisotopic (exact) mass is 388 g/mol. The molecule has 0 unspecified atom stereocenters. The van der Waals surface area contributed by atoms with Crippen LogP contribution >= 0.6 is 11.6 Å². The average Bonchev–Trinajstić information content (AvgIpc) is 3.20. The lowest BCUT2D eigenvalue weighted by Gasteiger charge is -2.20. The molecule has 7 nitrogen and oxygen atoms in total. The Morgan fingerprint density at radius 2 is 2.19 bits per heavy atom. The number of nitrogens with zero attached hydrogens (tertiary/aromatic N) is 4. The van der Waals surface area contributed by atoms with E-state index in [9.17, 15) is 4.79 Å². The number of pyridine rings is 1. The number of aromatic nitrogens is 3. The molecule has 0 aliphatic carbocycles. The van der Waals surface area contributed by atoms with Crippen molar-refractivity contribution in [3.8, 4) is 5.75 Å². The minimum absolute atomic E-state index is 0.0132. The smallest absolute Gasteiger partial charge is 0.272 e. The Balaban J connectivity index is 1.33. The van der Waals surface area contributed by atoms with Crippen LogP contribution in [0.1, 0.15) is 28.2 Å². The number of likely N-dealkylation sites (tertiary alicyclic amines) is 1. The van der Waals surface area contributed by atoms with Crippen molar-refractivity contribution in [3.63, 3.8) is 0 Å². The van der Waals surface area contributed by atoms with Crippen molar-refractivity contribution in [2.45, 2.75) is 32.5 Å². The molecule has 2 aliphatic heterocycles. The fourth-order valence-corrected chi connectivity index (χ4v) is 3.86. The molecule has 0 bridgehead atoms. The molecule has 2 saturated heterocycles. The highest BCUT2D eigenvalue weighted by molar-refractivity contribution is 6.30. The minimum atomic E-state index is -0.0474. The molecular formula is C19H21ClN4O3. The first kappa shape index (κ1) is 18.1. The van der Waals surface area contributed by atoms with Gasteiger partial charge in [-0.05, 0) is 20.3 Å². The van der Waals surface area contributed by atoms with E-state index in [-0.39, 0.29) is 18.1 Å². The van der Waals surface area contributed by atoms with Crippen molar-refractivity contribution < 1.29 is 14.3 Å². The van der Waals surface area contributed by atoms with Gasteiger partial charge in [-0.3, -0.25) is 9.78 Å². The van der Waals surface area contributed by atoms with E-state index in [1.54, 1.807) is 18.5 Å². The lowest BCUT2D eigenvalue weighted by Crippen LogP contribution is -2.33. The van der Waals surface area contributed by atoms with Crippen LogP contribution in [0.5, 0.6) is 5.75 Å². The predicted octanol–water partition coefficient (Wildman–Crippen LogP) is 2.45.